The summed E-state index contributed by atoms with van der Waals surface area (Å²) in [5.41, 5.74) is 6.03. The second kappa shape index (κ2) is 2.12. The molecule has 0 aliphatic heterocycles. The molecular weight excluding hydrogens is 144 g/mol. The zero-order valence-corrected chi connectivity index (χ0v) is 5.64. The Bertz CT molecular complexity index is 337. The Kier molecular flexibility index (Phi) is 1.15. The van der Waals surface area contributed by atoms with Gasteiger partial charge in [-0.3, -0.25) is 4.57 Å². The summed E-state index contributed by atoms with van der Waals surface area (Å²) in [4.78, 5) is 0. The Hall–Kier alpha value is -1.78. The zero-order chi connectivity index (χ0) is 7.68. The van der Waals surface area contributed by atoms with Gasteiger partial charge >= 0.3 is 0 Å². The van der Waals surface area contributed by atoms with Crippen LogP contribution in [0.5, 0.6) is 0 Å². The first kappa shape index (κ1) is 5.96. The summed E-state index contributed by atoms with van der Waals surface area (Å²) in [6, 6.07) is 1.70. The number of nitrogens with two attached hydrogens (primary N) is 1. The lowest BCUT2D eigenvalue weighted by molar-refractivity contribution is 0.539. The van der Waals surface area contributed by atoms with E-state index in [0.717, 1.165) is 0 Å². The molecule has 0 bridgehead atoms. The van der Waals surface area contributed by atoms with E-state index in [1.165, 1.54) is 18.9 Å². The smallest absolute Gasteiger partial charge is 0.207 e. The van der Waals surface area contributed by atoms with Gasteiger partial charge in [0.1, 0.15) is 18.9 Å². The molecular formula is C6H6N4O. The highest BCUT2D eigenvalue weighted by Gasteiger charge is 1.99. The van der Waals surface area contributed by atoms with Crippen LogP contribution in [0.2, 0.25) is 0 Å². The normalized spacial score (nSPS) is 10.2. The van der Waals surface area contributed by atoms with Gasteiger partial charge in [0.25, 0.3) is 0 Å². The third kappa shape index (κ3) is 0.958. The minimum absolute atomic E-state index is 0.591. The van der Waals surface area contributed by atoms with Gasteiger partial charge in [0.15, 0.2) is 0 Å². The standard InChI is InChI=1S/C6H6N4O/c7-5-1-6(11-2-5)10-3-8-9-4-10/h1-4H,7H2. The summed E-state index contributed by atoms with van der Waals surface area (Å²) in [6.45, 7) is 0. The number of hydrogen-bond donors (Lipinski definition) is 1. The van der Waals surface area contributed by atoms with Crippen molar-refractivity contribution >= 4 is 5.69 Å². The van der Waals surface area contributed by atoms with Crippen LogP contribution in [-0.4, -0.2) is 14.8 Å². The zero-order valence-electron chi connectivity index (χ0n) is 5.64. The number of furan rings is 1. The van der Waals surface area contributed by atoms with Gasteiger partial charge in [0.05, 0.1) is 5.69 Å². The summed E-state index contributed by atoms with van der Waals surface area (Å²) in [5, 5.41) is 7.24. The molecule has 0 aliphatic rings. The van der Waals surface area contributed by atoms with Crippen molar-refractivity contribution in [1.29, 1.82) is 0 Å². The van der Waals surface area contributed by atoms with E-state index >= 15 is 0 Å². The molecule has 56 valence electrons. The van der Waals surface area contributed by atoms with Crippen molar-refractivity contribution in [2.45, 2.75) is 0 Å². The first-order valence-corrected chi connectivity index (χ1v) is 3.05. The Labute approximate surface area is 62.4 Å². The predicted molar refractivity (Wildman–Crippen MR) is 38.0 cm³/mol. The monoisotopic (exact) mass is 150 g/mol. The molecule has 5 heteroatoms. The van der Waals surface area contributed by atoms with Crippen molar-refractivity contribution in [3.63, 3.8) is 0 Å². The fourth-order valence-electron chi connectivity index (χ4n) is 0.789. The van der Waals surface area contributed by atoms with Crippen LogP contribution in [0.4, 0.5) is 5.69 Å². The number of rotatable bonds is 1. The topological polar surface area (TPSA) is 69.9 Å². The summed E-state index contributed by atoms with van der Waals surface area (Å²) >= 11 is 0. The molecule has 0 unspecified atom stereocenters. The van der Waals surface area contributed by atoms with Crippen molar-refractivity contribution < 1.29 is 4.42 Å². The van der Waals surface area contributed by atoms with Crippen LogP contribution in [0, 0.1) is 0 Å². The molecule has 2 aromatic rings. The van der Waals surface area contributed by atoms with E-state index in [4.69, 9.17) is 10.2 Å². The van der Waals surface area contributed by atoms with E-state index in [2.05, 4.69) is 10.2 Å². The minimum Gasteiger partial charge on any atom is -0.446 e. The predicted octanol–water partition coefficient (Wildman–Crippen LogP) is 0.443. The largest absolute Gasteiger partial charge is 0.446 e. The molecule has 0 aromatic carbocycles. The lowest BCUT2D eigenvalue weighted by Crippen LogP contribution is -1.85. The maximum absolute atomic E-state index is 5.44. The highest BCUT2D eigenvalue weighted by molar-refractivity contribution is 5.40. The van der Waals surface area contributed by atoms with Crippen LogP contribution in [0.3, 0.4) is 0 Å². The minimum atomic E-state index is 0.591. The molecule has 0 saturated carbocycles. The van der Waals surface area contributed by atoms with Crippen LogP contribution in [0.1, 0.15) is 0 Å². The first-order valence-electron chi connectivity index (χ1n) is 3.05. The molecule has 0 saturated heterocycles. The first-order chi connectivity index (χ1) is 5.36. The van der Waals surface area contributed by atoms with E-state index < -0.39 is 0 Å². The number of aromatic nitrogens is 3. The quantitative estimate of drug-likeness (QED) is 0.640. The van der Waals surface area contributed by atoms with Gasteiger partial charge in [-0.25, -0.2) is 0 Å². The lowest BCUT2D eigenvalue weighted by Gasteiger charge is -1.89. The molecule has 2 N–H and O–H groups in total. The second-order valence-corrected chi connectivity index (χ2v) is 2.09. The lowest BCUT2D eigenvalue weighted by atomic mass is 10.5. The summed E-state index contributed by atoms with van der Waals surface area (Å²) < 4.78 is 6.70. The average molecular weight is 150 g/mol. The molecule has 5 nitrogen and oxygen atoms in total. The molecule has 0 fully saturated rings. The van der Waals surface area contributed by atoms with E-state index in [0.29, 0.717) is 11.6 Å². The molecule has 0 amide bonds. The number of hydrogen-bond acceptors (Lipinski definition) is 4. The van der Waals surface area contributed by atoms with Crippen LogP contribution in [-0.2, 0) is 0 Å². The maximum atomic E-state index is 5.44. The Morgan fingerprint density at radius 3 is 2.64 bits per heavy atom. The van der Waals surface area contributed by atoms with Crippen molar-refractivity contribution in [2.24, 2.45) is 0 Å². The number of anilines is 1. The van der Waals surface area contributed by atoms with Crippen LogP contribution in [0.15, 0.2) is 29.4 Å². The van der Waals surface area contributed by atoms with E-state index in [1.807, 2.05) is 0 Å². The fourth-order valence-corrected chi connectivity index (χ4v) is 0.789. The van der Waals surface area contributed by atoms with Gasteiger partial charge in [-0.1, -0.05) is 0 Å². The molecule has 0 atom stereocenters. The van der Waals surface area contributed by atoms with Gasteiger partial charge in [-0.05, 0) is 0 Å². The Balaban J connectivity index is 2.45. The third-order valence-electron chi connectivity index (χ3n) is 1.28. The van der Waals surface area contributed by atoms with Gasteiger partial charge in [-0.15, -0.1) is 10.2 Å². The van der Waals surface area contributed by atoms with E-state index in [1.54, 1.807) is 10.6 Å². The molecule has 0 spiro atoms. The molecule has 2 heterocycles. The van der Waals surface area contributed by atoms with E-state index in [-0.39, 0.29) is 0 Å². The van der Waals surface area contributed by atoms with E-state index in [9.17, 15) is 0 Å². The van der Waals surface area contributed by atoms with Crippen LogP contribution >= 0.6 is 0 Å². The van der Waals surface area contributed by atoms with Crippen molar-refractivity contribution in [3.8, 4) is 5.88 Å². The number of nitrogens with zero attached hydrogens (tertiary/aromatic N) is 3. The summed E-state index contributed by atoms with van der Waals surface area (Å²) in [7, 11) is 0. The average Bonchev–Trinajstić information content (AvgIpc) is 2.55. The Morgan fingerprint density at radius 1 is 1.36 bits per heavy atom. The number of nitrogen functional groups attached to an aromatic ring is 1. The summed E-state index contributed by atoms with van der Waals surface area (Å²) in [6.07, 6.45) is 4.55. The van der Waals surface area contributed by atoms with Crippen molar-refractivity contribution in [2.75, 3.05) is 5.73 Å². The highest BCUT2D eigenvalue weighted by Crippen LogP contribution is 2.12. The molecule has 0 radical (unpaired) electrons. The maximum Gasteiger partial charge on any atom is 0.207 e. The van der Waals surface area contributed by atoms with Crippen LogP contribution in [0.25, 0.3) is 5.88 Å². The fraction of sp³-hybridized carbons (Fsp3) is 0. The van der Waals surface area contributed by atoms with Crippen molar-refractivity contribution in [3.05, 3.63) is 25.0 Å². The third-order valence-corrected chi connectivity index (χ3v) is 1.28. The highest BCUT2D eigenvalue weighted by atomic mass is 16.3. The van der Waals surface area contributed by atoms with Crippen molar-refractivity contribution in [1.82, 2.24) is 14.8 Å². The molecule has 0 aliphatic carbocycles. The Morgan fingerprint density at radius 2 is 2.09 bits per heavy atom. The molecule has 2 rings (SSSR count). The molecule has 2 aromatic heterocycles. The van der Waals surface area contributed by atoms with Gasteiger partial charge in [0, 0.05) is 6.07 Å². The van der Waals surface area contributed by atoms with Gasteiger partial charge in [0.2, 0.25) is 5.88 Å². The van der Waals surface area contributed by atoms with Crippen LogP contribution < -0.4 is 5.73 Å². The van der Waals surface area contributed by atoms with Gasteiger partial charge < -0.3 is 10.2 Å². The summed E-state index contributed by atoms with van der Waals surface area (Å²) in [5.74, 6) is 0.618. The SMILES string of the molecule is Nc1coc(-n2cnnc2)c1. The molecule has 11 heavy (non-hydrogen) atoms. The second-order valence-electron chi connectivity index (χ2n) is 2.09. The van der Waals surface area contributed by atoms with Gasteiger partial charge in [-0.2, -0.15) is 0 Å².